The van der Waals surface area contributed by atoms with E-state index in [9.17, 15) is 4.79 Å². The molecule has 0 spiro atoms. The van der Waals surface area contributed by atoms with Gasteiger partial charge in [0.25, 0.3) is 0 Å². The molecule has 1 aromatic heterocycles. The molecule has 110 valence electrons. The molecule has 2 heterocycles. The number of hydrogen-bond acceptors (Lipinski definition) is 5. The van der Waals surface area contributed by atoms with Gasteiger partial charge in [-0.25, -0.2) is 4.98 Å². The van der Waals surface area contributed by atoms with Crippen molar-refractivity contribution in [2.75, 3.05) is 36.5 Å². The highest BCUT2D eigenvalue weighted by Gasteiger charge is 2.17. The first kappa shape index (κ1) is 14.7. The van der Waals surface area contributed by atoms with Crippen LogP contribution in [-0.2, 0) is 9.53 Å². The molecule has 1 aliphatic rings. The summed E-state index contributed by atoms with van der Waals surface area (Å²) in [6.07, 6.45) is 1.66. The maximum absolute atomic E-state index is 11.8. The molecule has 6 nitrogen and oxygen atoms in total. The molecule has 1 amide bonds. The van der Waals surface area contributed by atoms with Crippen molar-refractivity contribution in [3.63, 3.8) is 0 Å². The van der Waals surface area contributed by atoms with E-state index >= 15 is 0 Å². The Hall–Kier alpha value is -1.66. The Bertz CT molecular complexity index is 441. The monoisotopic (exact) mass is 278 g/mol. The molecule has 1 aromatic rings. The molecule has 20 heavy (non-hydrogen) atoms. The fraction of sp³-hybridized carbons (Fsp3) is 0.571. The lowest BCUT2D eigenvalue weighted by Gasteiger charge is -2.27. The van der Waals surface area contributed by atoms with Crippen molar-refractivity contribution in [3.05, 3.63) is 18.3 Å². The van der Waals surface area contributed by atoms with Crippen molar-refractivity contribution in [2.24, 2.45) is 11.7 Å². The van der Waals surface area contributed by atoms with Gasteiger partial charge >= 0.3 is 0 Å². The number of anilines is 2. The molecule has 3 N–H and O–H groups in total. The number of rotatable bonds is 4. The first-order valence-corrected chi connectivity index (χ1v) is 6.93. The SMILES string of the molecule is CC(C)[C@H](N)C(=O)Nc1ccc(N2CCOCC2)nc1. The van der Waals surface area contributed by atoms with Gasteiger partial charge in [-0.3, -0.25) is 4.79 Å². The van der Waals surface area contributed by atoms with Gasteiger partial charge in [-0.1, -0.05) is 13.8 Å². The number of amides is 1. The minimum atomic E-state index is -0.506. The van der Waals surface area contributed by atoms with E-state index in [1.807, 2.05) is 26.0 Å². The molecular weight excluding hydrogens is 256 g/mol. The summed E-state index contributed by atoms with van der Waals surface area (Å²) < 4.78 is 5.31. The van der Waals surface area contributed by atoms with Gasteiger partial charge in [-0.05, 0) is 18.1 Å². The lowest BCUT2D eigenvalue weighted by molar-refractivity contribution is -0.118. The molecule has 1 atom stereocenters. The maximum Gasteiger partial charge on any atom is 0.241 e. The van der Waals surface area contributed by atoms with Crippen LogP contribution in [0.2, 0.25) is 0 Å². The summed E-state index contributed by atoms with van der Waals surface area (Å²) in [5, 5.41) is 2.78. The van der Waals surface area contributed by atoms with Crippen LogP contribution in [0.4, 0.5) is 11.5 Å². The molecule has 1 aliphatic heterocycles. The Kier molecular flexibility index (Phi) is 4.92. The molecule has 0 aliphatic carbocycles. The normalized spacial score (nSPS) is 17.1. The van der Waals surface area contributed by atoms with Gasteiger partial charge in [0.2, 0.25) is 5.91 Å². The third kappa shape index (κ3) is 3.68. The van der Waals surface area contributed by atoms with E-state index in [-0.39, 0.29) is 11.8 Å². The first-order chi connectivity index (χ1) is 9.58. The van der Waals surface area contributed by atoms with Crippen LogP contribution in [-0.4, -0.2) is 43.2 Å². The molecule has 1 fully saturated rings. The number of pyridine rings is 1. The van der Waals surface area contributed by atoms with Crippen LogP contribution < -0.4 is 16.0 Å². The van der Waals surface area contributed by atoms with E-state index in [1.165, 1.54) is 0 Å². The second-order valence-corrected chi connectivity index (χ2v) is 5.26. The molecule has 2 rings (SSSR count). The van der Waals surface area contributed by atoms with Crippen molar-refractivity contribution in [1.29, 1.82) is 0 Å². The van der Waals surface area contributed by atoms with E-state index < -0.39 is 6.04 Å². The van der Waals surface area contributed by atoms with Crippen molar-refractivity contribution in [3.8, 4) is 0 Å². The highest BCUT2D eigenvalue weighted by atomic mass is 16.5. The number of aromatic nitrogens is 1. The van der Waals surface area contributed by atoms with Crippen LogP contribution in [0, 0.1) is 5.92 Å². The van der Waals surface area contributed by atoms with Gasteiger partial charge in [-0.2, -0.15) is 0 Å². The zero-order valence-corrected chi connectivity index (χ0v) is 12.0. The molecule has 0 bridgehead atoms. The van der Waals surface area contributed by atoms with Crippen LogP contribution in [0.25, 0.3) is 0 Å². The van der Waals surface area contributed by atoms with Crippen LogP contribution >= 0.6 is 0 Å². The molecular formula is C14H22N4O2. The minimum absolute atomic E-state index is 0.107. The van der Waals surface area contributed by atoms with Crippen LogP contribution in [0.1, 0.15) is 13.8 Å². The van der Waals surface area contributed by atoms with E-state index in [1.54, 1.807) is 6.20 Å². The van der Waals surface area contributed by atoms with Crippen molar-refractivity contribution >= 4 is 17.4 Å². The van der Waals surface area contributed by atoms with E-state index in [0.29, 0.717) is 5.69 Å². The van der Waals surface area contributed by atoms with E-state index in [2.05, 4.69) is 15.2 Å². The Balaban J connectivity index is 1.96. The second kappa shape index (κ2) is 6.67. The smallest absolute Gasteiger partial charge is 0.241 e. The number of carbonyl (C=O) groups excluding carboxylic acids is 1. The number of nitrogens with one attached hydrogen (secondary N) is 1. The fourth-order valence-electron chi connectivity index (χ4n) is 1.97. The summed E-state index contributed by atoms with van der Waals surface area (Å²) in [7, 11) is 0. The molecule has 0 aromatic carbocycles. The number of nitrogens with zero attached hydrogens (tertiary/aromatic N) is 2. The summed E-state index contributed by atoms with van der Waals surface area (Å²) in [5.41, 5.74) is 6.47. The summed E-state index contributed by atoms with van der Waals surface area (Å²) in [4.78, 5) is 18.4. The van der Waals surface area contributed by atoms with E-state index in [0.717, 1.165) is 32.1 Å². The van der Waals surface area contributed by atoms with Crippen LogP contribution in [0.5, 0.6) is 0 Å². The number of carbonyl (C=O) groups is 1. The Labute approximate surface area is 119 Å². The molecule has 0 unspecified atom stereocenters. The predicted molar refractivity (Wildman–Crippen MR) is 78.7 cm³/mol. The second-order valence-electron chi connectivity index (χ2n) is 5.26. The maximum atomic E-state index is 11.8. The van der Waals surface area contributed by atoms with Gasteiger partial charge in [0.15, 0.2) is 0 Å². The van der Waals surface area contributed by atoms with Crippen molar-refractivity contribution in [2.45, 2.75) is 19.9 Å². The predicted octanol–water partition coefficient (Wildman–Crippen LogP) is 0.840. The van der Waals surface area contributed by atoms with Gasteiger partial charge in [0.1, 0.15) is 5.82 Å². The quantitative estimate of drug-likeness (QED) is 0.853. The zero-order valence-electron chi connectivity index (χ0n) is 12.0. The lowest BCUT2D eigenvalue weighted by Crippen LogP contribution is -2.39. The van der Waals surface area contributed by atoms with Gasteiger partial charge in [-0.15, -0.1) is 0 Å². The van der Waals surface area contributed by atoms with Crippen molar-refractivity contribution in [1.82, 2.24) is 4.98 Å². The molecule has 1 saturated heterocycles. The average Bonchev–Trinajstić information content (AvgIpc) is 2.48. The summed E-state index contributed by atoms with van der Waals surface area (Å²) in [6, 6.07) is 3.25. The van der Waals surface area contributed by atoms with Gasteiger partial charge < -0.3 is 20.7 Å². The number of nitrogens with two attached hydrogens (primary N) is 1. The number of hydrogen-bond donors (Lipinski definition) is 2. The standard InChI is InChI=1S/C14H22N4O2/c1-10(2)13(15)14(19)17-11-3-4-12(16-9-11)18-5-7-20-8-6-18/h3-4,9-10,13H,5-8,15H2,1-2H3,(H,17,19)/t13-/m0/s1. The highest BCUT2D eigenvalue weighted by Crippen LogP contribution is 2.15. The summed E-state index contributed by atoms with van der Waals surface area (Å²) >= 11 is 0. The summed E-state index contributed by atoms with van der Waals surface area (Å²) in [6.45, 7) is 6.98. The minimum Gasteiger partial charge on any atom is -0.378 e. The third-order valence-corrected chi connectivity index (χ3v) is 3.37. The average molecular weight is 278 g/mol. The Morgan fingerprint density at radius 2 is 2.10 bits per heavy atom. The third-order valence-electron chi connectivity index (χ3n) is 3.37. The molecule has 0 radical (unpaired) electrons. The van der Waals surface area contributed by atoms with E-state index in [4.69, 9.17) is 10.5 Å². The molecule has 6 heteroatoms. The van der Waals surface area contributed by atoms with Crippen LogP contribution in [0.3, 0.4) is 0 Å². The lowest BCUT2D eigenvalue weighted by atomic mass is 10.1. The largest absolute Gasteiger partial charge is 0.378 e. The van der Waals surface area contributed by atoms with Gasteiger partial charge in [0, 0.05) is 13.1 Å². The Morgan fingerprint density at radius 3 is 2.65 bits per heavy atom. The topological polar surface area (TPSA) is 80.5 Å². The number of morpholine rings is 1. The fourth-order valence-corrected chi connectivity index (χ4v) is 1.97. The van der Waals surface area contributed by atoms with Gasteiger partial charge in [0.05, 0.1) is 31.1 Å². The summed E-state index contributed by atoms with van der Waals surface area (Å²) in [5.74, 6) is 0.830. The zero-order chi connectivity index (χ0) is 14.5. The van der Waals surface area contributed by atoms with Crippen LogP contribution in [0.15, 0.2) is 18.3 Å². The highest BCUT2D eigenvalue weighted by molar-refractivity contribution is 5.94. The number of ether oxygens (including phenoxy) is 1. The molecule has 0 saturated carbocycles. The first-order valence-electron chi connectivity index (χ1n) is 6.93. The Morgan fingerprint density at radius 1 is 1.40 bits per heavy atom. The van der Waals surface area contributed by atoms with Crippen molar-refractivity contribution < 1.29 is 9.53 Å².